The van der Waals surface area contributed by atoms with Crippen LogP contribution in [0.3, 0.4) is 0 Å². The Morgan fingerprint density at radius 2 is 1.72 bits per heavy atom. The van der Waals surface area contributed by atoms with E-state index in [1.807, 2.05) is 32.9 Å². The molecule has 0 aliphatic carbocycles. The molecule has 9 heteroatoms. The molecule has 0 saturated carbocycles. The second kappa shape index (κ2) is 9.73. The quantitative estimate of drug-likeness (QED) is 0.567. The summed E-state index contributed by atoms with van der Waals surface area (Å²) in [6.45, 7) is 5.49. The predicted molar refractivity (Wildman–Crippen MR) is 104 cm³/mol. The molecule has 0 aliphatic rings. The van der Waals surface area contributed by atoms with Crippen LogP contribution in [0.5, 0.6) is 11.5 Å². The number of anilines is 1. The van der Waals surface area contributed by atoms with Crippen LogP contribution in [0, 0.1) is 12.8 Å². The molecule has 1 N–H and O–H groups in total. The molecule has 0 bridgehead atoms. The van der Waals surface area contributed by atoms with E-state index in [2.05, 4.69) is 10.1 Å². The van der Waals surface area contributed by atoms with Gasteiger partial charge in [-0.2, -0.15) is 0 Å². The number of benzene rings is 2. The van der Waals surface area contributed by atoms with Crippen molar-refractivity contribution in [3.63, 3.8) is 0 Å². The van der Waals surface area contributed by atoms with E-state index in [0.29, 0.717) is 5.69 Å². The first-order valence-electron chi connectivity index (χ1n) is 8.75. The third-order valence-electron chi connectivity index (χ3n) is 3.79. The summed E-state index contributed by atoms with van der Waals surface area (Å²) < 4.78 is 51.9. The summed E-state index contributed by atoms with van der Waals surface area (Å²) in [4.78, 5) is 12.1. The van der Waals surface area contributed by atoms with E-state index in [4.69, 9.17) is 21.1 Å². The van der Waals surface area contributed by atoms with Gasteiger partial charge >= 0.3 is 12.5 Å². The van der Waals surface area contributed by atoms with E-state index >= 15 is 0 Å². The Hall–Kier alpha value is -2.61. The lowest BCUT2D eigenvalue weighted by Crippen LogP contribution is -2.32. The zero-order chi connectivity index (χ0) is 21.6. The minimum absolute atomic E-state index is 0.0147. The summed E-state index contributed by atoms with van der Waals surface area (Å²) in [5, 5.41) is 2.63. The van der Waals surface area contributed by atoms with Crippen LogP contribution in [-0.2, 0) is 4.74 Å². The molecule has 5 nitrogen and oxygen atoms in total. The standard InChI is InChI=1S/C20H21ClF3NO4/c1-12(2)18(28-19(26)25-15-6-4-13(3)5-7-15)11-27-16-8-14(21)9-17(10-16)29-20(22,23)24/h4-10,12,18H,11H2,1-3H3,(H,25,26). The van der Waals surface area contributed by atoms with Gasteiger partial charge in [0.15, 0.2) is 0 Å². The molecule has 1 amide bonds. The Balaban J connectivity index is 1.98. The summed E-state index contributed by atoms with van der Waals surface area (Å²) in [7, 11) is 0. The lowest BCUT2D eigenvalue weighted by atomic mass is 10.1. The van der Waals surface area contributed by atoms with Gasteiger partial charge in [-0.1, -0.05) is 43.1 Å². The zero-order valence-electron chi connectivity index (χ0n) is 16.0. The smallest absolute Gasteiger partial charge is 0.490 e. The molecule has 158 valence electrons. The fourth-order valence-electron chi connectivity index (χ4n) is 2.28. The van der Waals surface area contributed by atoms with Gasteiger partial charge in [0.25, 0.3) is 0 Å². The van der Waals surface area contributed by atoms with E-state index in [9.17, 15) is 18.0 Å². The number of halogens is 4. The highest BCUT2D eigenvalue weighted by molar-refractivity contribution is 6.30. The summed E-state index contributed by atoms with van der Waals surface area (Å²) >= 11 is 5.82. The van der Waals surface area contributed by atoms with Crippen molar-refractivity contribution in [2.75, 3.05) is 11.9 Å². The highest BCUT2D eigenvalue weighted by Gasteiger charge is 2.31. The highest BCUT2D eigenvalue weighted by atomic mass is 35.5. The molecule has 29 heavy (non-hydrogen) atoms. The van der Waals surface area contributed by atoms with Gasteiger partial charge < -0.3 is 14.2 Å². The van der Waals surface area contributed by atoms with Gasteiger partial charge in [0.05, 0.1) is 0 Å². The number of carbonyl (C=O) groups is 1. The molecule has 0 spiro atoms. The fourth-order valence-corrected chi connectivity index (χ4v) is 2.49. The molecule has 0 heterocycles. The van der Waals surface area contributed by atoms with Crippen molar-refractivity contribution >= 4 is 23.4 Å². The number of hydrogen-bond donors (Lipinski definition) is 1. The monoisotopic (exact) mass is 431 g/mol. The molecular formula is C20H21ClF3NO4. The maximum atomic E-state index is 12.4. The molecule has 0 saturated heterocycles. The third kappa shape index (κ3) is 8.11. The van der Waals surface area contributed by atoms with Crippen molar-refractivity contribution in [3.8, 4) is 11.5 Å². The largest absolute Gasteiger partial charge is 0.573 e. The normalized spacial score (nSPS) is 12.4. The van der Waals surface area contributed by atoms with Gasteiger partial charge in [-0.05, 0) is 37.1 Å². The molecule has 0 fully saturated rings. The Morgan fingerprint density at radius 1 is 1.10 bits per heavy atom. The van der Waals surface area contributed by atoms with Crippen LogP contribution in [-0.4, -0.2) is 25.2 Å². The van der Waals surface area contributed by atoms with Crippen molar-refractivity contribution in [2.24, 2.45) is 5.92 Å². The van der Waals surface area contributed by atoms with Crippen LogP contribution >= 0.6 is 11.6 Å². The molecule has 0 aliphatic heterocycles. The van der Waals surface area contributed by atoms with E-state index in [-0.39, 0.29) is 23.3 Å². The number of alkyl halides is 3. The summed E-state index contributed by atoms with van der Waals surface area (Å²) in [5.41, 5.74) is 1.63. The first kappa shape index (κ1) is 22.7. The Labute approximate surface area is 171 Å². The summed E-state index contributed by atoms with van der Waals surface area (Å²) in [6.07, 6.45) is -6.16. The number of rotatable bonds is 7. The number of ether oxygens (including phenoxy) is 3. The third-order valence-corrected chi connectivity index (χ3v) is 4.01. The first-order chi connectivity index (χ1) is 13.5. The minimum atomic E-state index is -4.85. The minimum Gasteiger partial charge on any atom is -0.490 e. The van der Waals surface area contributed by atoms with Gasteiger partial charge in [-0.15, -0.1) is 13.2 Å². The molecule has 2 aromatic carbocycles. The summed E-state index contributed by atoms with van der Waals surface area (Å²) in [5.74, 6) is -0.548. The van der Waals surface area contributed by atoms with E-state index < -0.39 is 24.3 Å². The fraction of sp³-hybridized carbons (Fsp3) is 0.350. The number of aryl methyl sites for hydroxylation is 1. The van der Waals surface area contributed by atoms with E-state index in [1.54, 1.807) is 12.1 Å². The lowest BCUT2D eigenvalue weighted by Gasteiger charge is -2.22. The van der Waals surface area contributed by atoms with Crippen LogP contribution in [0.1, 0.15) is 19.4 Å². The number of carbonyl (C=O) groups excluding carboxylic acids is 1. The van der Waals surface area contributed by atoms with Crippen molar-refractivity contribution in [1.29, 1.82) is 0 Å². The molecule has 0 aromatic heterocycles. The SMILES string of the molecule is Cc1ccc(NC(=O)OC(COc2cc(Cl)cc(OC(F)(F)F)c2)C(C)C)cc1. The van der Waals surface area contributed by atoms with Gasteiger partial charge in [0.2, 0.25) is 0 Å². The zero-order valence-corrected chi connectivity index (χ0v) is 16.8. The molecule has 2 aromatic rings. The predicted octanol–water partition coefficient (Wildman–Crippen LogP) is 6.20. The van der Waals surface area contributed by atoms with Crippen LogP contribution in [0.25, 0.3) is 0 Å². The van der Waals surface area contributed by atoms with Crippen LogP contribution in [0.15, 0.2) is 42.5 Å². The average molecular weight is 432 g/mol. The molecular weight excluding hydrogens is 411 g/mol. The van der Waals surface area contributed by atoms with Gasteiger partial charge in [0, 0.05) is 16.8 Å². The van der Waals surface area contributed by atoms with Crippen molar-refractivity contribution in [3.05, 3.63) is 53.1 Å². The molecule has 1 atom stereocenters. The van der Waals surface area contributed by atoms with Crippen molar-refractivity contribution in [2.45, 2.75) is 33.2 Å². The first-order valence-corrected chi connectivity index (χ1v) is 9.13. The number of nitrogens with one attached hydrogen (secondary N) is 1. The second-order valence-electron chi connectivity index (χ2n) is 6.66. The number of amides is 1. The Kier molecular flexibility index (Phi) is 7.61. The Bertz CT molecular complexity index is 825. The second-order valence-corrected chi connectivity index (χ2v) is 7.10. The van der Waals surface area contributed by atoms with Crippen molar-refractivity contribution < 1.29 is 32.2 Å². The van der Waals surface area contributed by atoms with E-state index in [1.165, 1.54) is 6.07 Å². The number of hydrogen-bond acceptors (Lipinski definition) is 4. The lowest BCUT2D eigenvalue weighted by molar-refractivity contribution is -0.274. The average Bonchev–Trinajstić information content (AvgIpc) is 2.58. The molecule has 2 rings (SSSR count). The van der Waals surface area contributed by atoms with Gasteiger partial charge in [-0.25, -0.2) is 4.79 Å². The van der Waals surface area contributed by atoms with E-state index in [0.717, 1.165) is 17.7 Å². The van der Waals surface area contributed by atoms with Gasteiger partial charge in [-0.3, -0.25) is 5.32 Å². The highest BCUT2D eigenvalue weighted by Crippen LogP contribution is 2.30. The summed E-state index contributed by atoms with van der Waals surface area (Å²) in [6, 6.07) is 10.6. The van der Waals surface area contributed by atoms with Crippen LogP contribution in [0.2, 0.25) is 5.02 Å². The Morgan fingerprint density at radius 3 is 2.31 bits per heavy atom. The van der Waals surface area contributed by atoms with Crippen molar-refractivity contribution in [1.82, 2.24) is 0 Å². The molecule has 0 radical (unpaired) electrons. The molecule has 1 unspecified atom stereocenters. The van der Waals surface area contributed by atoms with Crippen LogP contribution in [0.4, 0.5) is 23.7 Å². The van der Waals surface area contributed by atoms with Gasteiger partial charge in [0.1, 0.15) is 24.2 Å². The topological polar surface area (TPSA) is 56.8 Å². The maximum absolute atomic E-state index is 12.4. The van der Waals surface area contributed by atoms with Crippen LogP contribution < -0.4 is 14.8 Å². The maximum Gasteiger partial charge on any atom is 0.573 e.